The van der Waals surface area contributed by atoms with Crippen LogP contribution in [0.3, 0.4) is 0 Å². The van der Waals surface area contributed by atoms with E-state index in [1.165, 1.54) is 17.7 Å². The largest absolute Gasteiger partial charge is 0.379 e. The Morgan fingerprint density at radius 2 is 2.09 bits per heavy atom. The third kappa shape index (κ3) is 9.24. The van der Waals surface area contributed by atoms with Crippen molar-refractivity contribution in [1.29, 1.82) is 0 Å². The fourth-order valence-electron chi connectivity index (χ4n) is 1.60. The lowest BCUT2D eigenvalue weighted by Gasteiger charge is -2.22. The SMILES string of the molecule is C=CCNC(=NCC(=O)N(C)C)N(C)CCOCC1CC1.I. The second-order valence-corrected chi connectivity index (χ2v) is 5.54. The molecule has 1 amide bonds. The lowest BCUT2D eigenvalue weighted by atomic mass is 10.5. The van der Waals surface area contributed by atoms with Gasteiger partial charge in [0.05, 0.1) is 6.61 Å². The first-order chi connectivity index (χ1) is 10.0. The number of aliphatic imine (C=N–C) groups is 1. The van der Waals surface area contributed by atoms with E-state index >= 15 is 0 Å². The number of ether oxygens (including phenoxy) is 1. The van der Waals surface area contributed by atoms with Crippen LogP contribution in [0.5, 0.6) is 0 Å². The molecular formula is C15H29IN4O2. The molecule has 0 saturated heterocycles. The lowest BCUT2D eigenvalue weighted by Crippen LogP contribution is -2.41. The molecule has 0 heterocycles. The first kappa shape index (κ1) is 21.2. The number of hydrogen-bond donors (Lipinski definition) is 1. The molecule has 0 spiro atoms. The normalized spacial score (nSPS) is 14.0. The molecule has 0 atom stereocenters. The molecule has 0 aromatic carbocycles. The van der Waals surface area contributed by atoms with E-state index in [9.17, 15) is 4.79 Å². The minimum absolute atomic E-state index is 0. The van der Waals surface area contributed by atoms with Crippen LogP contribution in [0.2, 0.25) is 0 Å². The fraction of sp³-hybridized carbons (Fsp3) is 0.733. The Kier molecular flexibility index (Phi) is 11.3. The van der Waals surface area contributed by atoms with Gasteiger partial charge in [-0.3, -0.25) is 4.79 Å². The van der Waals surface area contributed by atoms with Gasteiger partial charge in [-0.1, -0.05) is 6.08 Å². The van der Waals surface area contributed by atoms with Crippen molar-refractivity contribution in [3.8, 4) is 0 Å². The molecule has 1 aliphatic carbocycles. The number of guanidine groups is 1. The van der Waals surface area contributed by atoms with Gasteiger partial charge in [0.1, 0.15) is 6.54 Å². The van der Waals surface area contributed by atoms with Gasteiger partial charge >= 0.3 is 0 Å². The summed E-state index contributed by atoms with van der Waals surface area (Å²) in [4.78, 5) is 19.5. The molecule has 22 heavy (non-hydrogen) atoms. The molecule has 6 nitrogen and oxygen atoms in total. The number of carbonyl (C=O) groups excluding carboxylic acids is 1. The summed E-state index contributed by atoms with van der Waals surface area (Å²) in [6.07, 6.45) is 4.37. The van der Waals surface area contributed by atoms with Gasteiger partial charge < -0.3 is 19.9 Å². The lowest BCUT2D eigenvalue weighted by molar-refractivity contribution is -0.127. The molecule has 1 saturated carbocycles. The van der Waals surface area contributed by atoms with Crippen molar-refractivity contribution in [1.82, 2.24) is 15.1 Å². The van der Waals surface area contributed by atoms with Crippen molar-refractivity contribution in [3.63, 3.8) is 0 Å². The first-order valence-electron chi connectivity index (χ1n) is 7.42. The highest BCUT2D eigenvalue weighted by molar-refractivity contribution is 14.0. The summed E-state index contributed by atoms with van der Waals surface area (Å²) in [6.45, 7) is 6.71. The average molecular weight is 424 g/mol. The van der Waals surface area contributed by atoms with E-state index in [4.69, 9.17) is 4.74 Å². The number of hydrogen-bond acceptors (Lipinski definition) is 3. The maximum Gasteiger partial charge on any atom is 0.243 e. The van der Waals surface area contributed by atoms with Gasteiger partial charge in [-0.05, 0) is 18.8 Å². The monoisotopic (exact) mass is 424 g/mol. The predicted octanol–water partition coefficient (Wildman–Crippen LogP) is 1.18. The van der Waals surface area contributed by atoms with E-state index in [1.807, 2.05) is 11.9 Å². The maximum absolute atomic E-state index is 11.6. The Morgan fingerprint density at radius 1 is 1.41 bits per heavy atom. The highest BCUT2D eigenvalue weighted by Gasteiger charge is 2.21. The van der Waals surface area contributed by atoms with E-state index in [1.54, 1.807) is 20.2 Å². The van der Waals surface area contributed by atoms with Crippen molar-refractivity contribution >= 4 is 35.8 Å². The van der Waals surface area contributed by atoms with E-state index in [-0.39, 0.29) is 36.4 Å². The zero-order valence-corrected chi connectivity index (χ0v) is 16.2. The van der Waals surface area contributed by atoms with Crippen LogP contribution in [-0.4, -0.2) is 75.7 Å². The number of amides is 1. The van der Waals surface area contributed by atoms with Crippen LogP contribution in [-0.2, 0) is 9.53 Å². The van der Waals surface area contributed by atoms with E-state index < -0.39 is 0 Å². The molecule has 0 radical (unpaired) electrons. The topological polar surface area (TPSA) is 57.2 Å². The van der Waals surface area contributed by atoms with Gasteiger partial charge in [-0.25, -0.2) is 4.99 Å². The average Bonchev–Trinajstić information content (AvgIpc) is 3.27. The van der Waals surface area contributed by atoms with Gasteiger partial charge in [0.15, 0.2) is 5.96 Å². The minimum atomic E-state index is -0.0220. The van der Waals surface area contributed by atoms with Crippen LogP contribution >= 0.6 is 24.0 Å². The third-order valence-electron chi connectivity index (χ3n) is 3.25. The first-order valence-corrected chi connectivity index (χ1v) is 7.42. The quantitative estimate of drug-likeness (QED) is 0.199. The van der Waals surface area contributed by atoms with Crippen LogP contribution in [0, 0.1) is 5.92 Å². The fourth-order valence-corrected chi connectivity index (χ4v) is 1.60. The van der Waals surface area contributed by atoms with E-state index in [2.05, 4.69) is 16.9 Å². The molecule has 0 aromatic heterocycles. The van der Waals surface area contributed by atoms with Crippen molar-refractivity contribution in [3.05, 3.63) is 12.7 Å². The number of likely N-dealkylation sites (N-methyl/N-ethyl adjacent to an activating group) is 2. The smallest absolute Gasteiger partial charge is 0.243 e. The van der Waals surface area contributed by atoms with Gasteiger partial charge in [-0.15, -0.1) is 30.6 Å². The van der Waals surface area contributed by atoms with Gasteiger partial charge in [-0.2, -0.15) is 0 Å². The molecule has 1 aliphatic rings. The molecule has 0 bridgehead atoms. The molecular weight excluding hydrogens is 395 g/mol. The van der Waals surface area contributed by atoms with Crippen molar-refractivity contribution < 1.29 is 9.53 Å². The zero-order valence-electron chi connectivity index (χ0n) is 13.9. The summed E-state index contributed by atoms with van der Waals surface area (Å²) in [6, 6.07) is 0. The summed E-state index contributed by atoms with van der Waals surface area (Å²) in [5, 5.41) is 3.16. The van der Waals surface area contributed by atoms with Crippen LogP contribution in [0.1, 0.15) is 12.8 Å². The number of rotatable bonds is 9. The zero-order chi connectivity index (χ0) is 15.7. The summed E-state index contributed by atoms with van der Waals surface area (Å²) in [7, 11) is 5.39. The Balaban J connectivity index is 0.00000441. The summed E-state index contributed by atoms with van der Waals surface area (Å²) < 4.78 is 5.63. The minimum Gasteiger partial charge on any atom is -0.379 e. The predicted molar refractivity (Wildman–Crippen MR) is 101 cm³/mol. The highest BCUT2D eigenvalue weighted by atomic mass is 127. The summed E-state index contributed by atoms with van der Waals surface area (Å²) in [5.41, 5.74) is 0. The Hall–Kier alpha value is -0.830. The molecule has 0 aromatic rings. The van der Waals surface area contributed by atoms with E-state index in [0.717, 1.165) is 19.1 Å². The van der Waals surface area contributed by atoms with Crippen LogP contribution in [0.25, 0.3) is 0 Å². The molecule has 128 valence electrons. The van der Waals surface area contributed by atoms with Gasteiger partial charge in [0.25, 0.3) is 0 Å². The summed E-state index contributed by atoms with van der Waals surface area (Å²) in [5.74, 6) is 1.45. The van der Waals surface area contributed by atoms with Crippen LogP contribution in [0.15, 0.2) is 17.6 Å². The number of nitrogens with one attached hydrogen (secondary N) is 1. The molecule has 0 aliphatic heterocycles. The molecule has 0 unspecified atom stereocenters. The third-order valence-corrected chi connectivity index (χ3v) is 3.25. The maximum atomic E-state index is 11.6. The standard InChI is InChI=1S/C15H28N4O2.HI/c1-5-8-16-15(17-11-14(20)18(2)3)19(4)9-10-21-12-13-6-7-13;/h5,13H,1,6-12H2,2-4H3,(H,16,17);1H. The van der Waals surface area contributed by atoms with Crippen molar-refractivity contribution in [2.45, 2.75) is 12.8 Å². The Labute approximate surface area is 151 Å². The Bertz CT molecular complexity index is 371. The molecule has 1 rings (SSSR count). The van der Waals surface area contributed by atoms with Crippen molar-refractivity contribution in [2.75, 3.05) is 54.0 Å². The number of halogens is 1. The highest BCUT2D eigenvalue weighted by Crippen LogP contribution is 2.28. The van der Waals surface area contributed by atoms with Gasteiger partial charge in [0.2, 0.25) is 5.91 Å². The molecule has 7 heteroatoms. The van der Waals surface area contributed by atoms with E-state index in [0.29, 0.717) is 19.1 Å². The Morgan fingerprint density at radius 3 is 2.64 bits per heavy atom. The second kappa shape index (κ2) is 11.7. The van der Waals surface area contributed by atoms with Gasteiger partial charge in [0, 0.05) is 40.8 Å². The second-order valence-electron chi connectivity index (χ2n) is 5.54. The van der Waals surface area contributed by atoms with Crippen LogP contribution < -0.4 is 5.32 Å². The number of carbonyl (C=O) groups is 1. The van der Waals surface area contributed by atoms with Crippen molar-refractivity contribution in [2.24, 2.45) is 10.9 Å². The molecule has 1 N–H and O–H groups in total. The number of nitrogens with zero attached hydrogens (tertiary/aromatic N) is 3. The summed E-state index contributed by atoms with van der Waals surface area (Å²) >= 11 is 0. The van der Waals surface area contributed by atoms with Crippen LogP contribution in [0.4, 0.5) is 0 Å². The molecule has 1 fully saturated rings.